The third-order valence-electron chi connectivity index (χ3n) is 2.19. The molecule has 0 spiro atoms. The molecule has 0 bridgehead atoms. The Morgan fingerprint density at radius 2 is 1.90 bits per heavy atom. The van der Waals surface area contributed by atoms with Crippen LogP contribution >= 0.6 is 15.9 Å². The largest absolute Gasteiger partial charge is 0.453 e. The number of nitrogen functional groups attached to an aromatic ring is 1. The van der Waals surface area contributed by atoms with Gasteiger partial charge >= 0.3 is 6.61 Å². The monoisotopic (exact) mass is 348 g/mol. The summed E-state index contributed by atoms with van der Waals surface area (Å²) in [5.74, 6) is -1.35. The Morgan fingerprint density at radius 1 is 1.15 bits per heavy atom. The lowest BCUT2D eigenvalue weighted by atomic mass is 10.2. The van der Waals surface area contributed by atoms with Gasteiger partial charge in [0.25, 0.3) is 0 Å². The van der Waals surface area contributed by atoms with Gasteiger partial charge in [-0.3, -0.25) is 4.98 Å². The van der Waals surface area contributed by atoms with E-state index in [4.69, 9.17) is 10.5 Å². The predicted octanol–water partition coefficient (Wildman–Crippen LogP) is 3.96. The molecule has 0 saturated carbocycles. The van der Waals surface area contributed by atoms with Crippen molar-refractivity contribution in [2.75, 3.05) is 5.73 Å². The van der Waals surface area contributed by atoms with Crippen LogP contribution < -0.4 is 15.2 Å². The summed E-state index contributed by atoms with van der Waals surface area (Å²) in [6, 6.07) is 3.39. The molecule has 0 amide bonds. The van der Waals surface area contributed by atoms with Gasteiger partial charge in [-0.25, -0.2) is 4.39 Å². The third kappa shape index (κ3) is 3.53. The van der Waals surface area contributed by atoms with Gasteiger partial charge < -0.3 is 15.2 Å². The summed E-state index contributed by atoms with van der Waals surface area (Å²) >= 11 is 3.20. The van der Waals surface area contributed by atoms with Crippen molar-refractivity contribution in [3.8, 4) is 17.2 Å². The lowest BCUT2D eigenvalue weighted by Gasteiger charge is -2.12. The van der Waals surface area contributed by atoms with E-state index in [0.29, 0.717) is 10.2 Å². The van der Waals surface area contributed by atoms with Crippen LogP contribution in [0.2, 0.25) is 0 Å². The second-order valence-corrected chi connectivity index (χ2v) is 4.56. The van der Waals surface area contributed by atoms with Crippen LogP contribution in [0, 0.1) is 5.82 Å². The predicted molar refractivity (Wildman–Crippen MR) is 69.5 cm³/mol. The highest BCUT2D eigenvalue weighted by molar-refractivity contribution is 9.10. The van der Waals surface area contributed by atoms with E-state index in [2.05, 4.69) is 25.7 Å². The summed E-state index contributed by atoms with van der Waals surface area (Å²) in [6.45, 7) is -3.14. The fourth-order valence-corrected chi connectivity index (χ4v) is 1.74. The maximum Gasteiger partial charge on any atom is 0.387 e. The van der Waals surface area contributed by atoms with Crippen molar-refractivity contribution in [1.29, 1.82) is 0 Å². The van der Waals surface area contributed by atoms with Gasteiger partial charge in [-0.2, -0.15) is 8.78 Å². The Morgan fingerprint density at radius 3 is 2.55 bits per heavy atom. The normalized spacial score (nSPS) is 10.7. The zero-order chi connectivity index (χ0) is 14.7. The summed E-state index contributed by atoms with van der Waals surface area (Å²) in [7, 11) is 0. The molecule has 1 aromatic carbocycles. The molecule has 0 radical (unpaired) electrons. The zero-order valence-electron chi connectivity index (χ0n) is 9.82. The topological polar surface area (TPSA) is 57.4 Å². The van der Waals surface area contributed by atoms with E-state index >= 15 is 0 Å². The molecule has 20 heavy (non-hydrogen) atoms. The van der Waals surface area contributed by atoms with Gasteiger partial charge in [0.1, 0.15) is 5.75 Å². The van der Waals surface area contributed by atoms with Gasteiger partial charge in [-0.1, -0.05) is 0 Å². The SMILES string of the molecule is Nc1cc(F)c(OC(F)F)cc1Oc1cncc(Br)c1. The summed E-state index contributed by atoms with van der Waals surface area (Å²) in [6.07, 6.45) is 2.92. The van der Waals surface area contributed by atoms with E-state index in [-0.39, 0.29) is 11.4 Å². The number of rotatable bonds is 4. The molecule has 4 nitrogen and oxygen atoms in total. The molecule has 1 aromatic heterocycles. The first kappa shape index (κ1) is 14.4. The van der Waals surface area contributed by atoms with Gasteiger partial charge in [0.15, 0.2) is 17.3 Å². The number of nitrogens with zero attached hydrogens (tertiary/aromatic N) is 1. The van der Waals surface area contributed by atoms with Crippen LogP contribution in [-0.2, 0) is 0 Å². The van der Waals surface area contributed by atoms with Crippen LogP contribution in [0.1, 0.15) is 0 Å². The van der Waals surface area contributed by atoms with Crippen molar-refractivity contribution in [3.63, 3.8) is 0 Å². The van der Waals surface area contributed by atoms with Crippen LogP contribution in [0.5, 0.6) is 17.2 Å². The minimum atomic E-state index is -3.14. The van der Waals surface area contributed by atoms with E-state index in [1.807, 2.05) is 0 Å². The standard InChI is InChI=1S/C12H8BrF3N2O2/c13-6-1-7(5-18-4-6)19-11-3-10(20-12(15)16)8(14)2-9(11)17/h1-5,12H,17H2. The average molecular weight is 349 g/mol. The third-order valence-corrected chi connectivity index (χ3v) is 2.62. The van der Waals surface area contributed by atoms with Crippen molar-refractivity contribution in [1.82, 2.24) is 4.98 Å². The summed E-state index contributed by atoms with van der Waals surface area (Å²) in [5, 5.41) is 0. The second kappa shape index (κ2) is 6.00. The molecule has 0 aliphatic rings. The average Bonchev–Trinajstić information content (AvgIpc) is 2.34. The van der Waals surface area contributed by atoms with Crippen LogP contribution in [0.25, 0.3) is 0 Å². The molecule has 2 aromatic rings. The maximum absolute atomic E-state index is 13.4. The first-order valence-corrected chi connectivity index (χ1v) is 6.07. The summed E-state index contributed by atoms with van der Waals surface area (Å²) < 4.78 is 47.7. The molecule has 0 atom stereocenters. The van der Waals surface area contributed by atoms with Crippen molar-refractivity contribution in [3.05, 3.63) is 40.9 Å². The fraction of sp³-hybridized carbons (Fsp3) is 0.0833. The Labute approximate surface area is 120 Å². The fourth-order valence-electron chi connectivity index (χ4n) is 1.40. The number of anilines is 1. The number of halogens is 4. The van der Waals surface area contributed by atoms with Crippen LogP contribution in [-0.4, -0.2) is 11.6 Å². The van der Waals surface area contributed by atoms with Crippen molar-refractivity contribution >= 4 is 21.6 Å². The molecule has 2 N–H and O–H groups in total. The van der Waals surface area contributed by atoms with Crippen LogP contribution in [0.15, 0.2) is 35.1 Å². The highest BCUT2D eigenvalue weighted by Gasteiger charge is 2.14. The molecule has 0 fully saturated rings. The van der Waals surface area contributed by atoms with E-state index < -0.39 is 18.2 Å². The molecular weight excluding hydrogens is 341 g/mol. The van der Waals surface area contributed by atoms with E-state index in [9.17, 15) is 13.2 Å². The number of aromatic nitrogens is 1. The van der Waals surface area contributed by atoms with E-state index in [1.54, 1.807) is 6.07 Å². The van der Waals surface area contributed by atoms with Gasteiger partial charge in [-0.05, 0) is 22.0 Å². The summed E-state index contributed by atoms with van der Waals surface area (Å²) in [4.78, 5) is 3.86. The van der Waals surface area contributed by atoms with Crippen molar-refractivity contribution < 1.29 is 22.6 Å². The molecule has 1 heterocycles. The Hall–Kier alpha value is -1.96. The molecule has 106 valence electrons. The highest BCUT2D eigenvalue weighted by Crippen LogP contribution is 2.34. The molecule has 0 saturated heterocycles. The molecular formula is C12H8BrF3N2O2. The first-order chi connectivity index (χ1) is 9.45. The van der Waals surface area contributed by atoms with Crippen molar-refractivity contribution in [2.24, 2.45) is 0 Å². The van der Waals surface area contributed by atoms with E-state index in [1.165, 1.54) is 12.4 Å². The molecule has 8 heteroatoms. The Bertz CT molecular complexity index is 626. The highest BCUT2D eigenvalue weighted by atomic mass is 79.9. The quantitative estimate of drug-likeness (QED) is 0.849. The molecule has 0 aliphatic carbocycles. The first-order valence-electron chi connectivity index (χ1n) is 5.28. The Kier molecular flexibility index (Phi) is 4.33. The number of pyridine rings is 1. The Balaban J connectivity index is 2.31. The molecule has 0 unspecified atom stereocenters. The number of hydrogen-bond donors (Lipinski definition) is 1. The smallest absolute Gasteiger partial charge is 0.387 e. The number of nitrogens with two attached hydrogens (primary N) is 1. The minimum absolute atomic E-state index is 0.0121. The second-order valence-electron chi connectivity index (χ2n) is 3.64. The van der Waals surface area contributed by atoms with Gasteiger partial charge in [0.05, 0.1) is 11.9 Å². The van der Waals surface area contributed by atoms with Gasteiger partial charge in [-0.15, -0.1) is 0 Å². The number of alkyl halides is 2. The van der Waals surface area contributed by atoms with Crippen LogP contribution in [0.3, 0.4) is 0 Å². The van der Waals surface area contributed by atoms with Gasteiger partial charge in [0, 0.05) is 22.8 Å². The molecule has 2 rings (SSSR count). The number of ether oxygens (including phenoxy) is 2. The zero-order valence-corrected chi connectivity index (χ0v) is 11.4. The number of hydrogen-bond acceptors (Lipinski definition) is 4. The van der Waals surface area contributed by atoms with Crippen molar-refractivity contribution in [2.45, 2.75) is 6.61 Å². The maximum atomic E-state index is 13.4. The number of benzene rings is 1. The lowest BCUT2D eigenvalue weighted by molar-refractivity contribution is -0.0522. The van der Waals surface area contributed by atoms with Crippen LogP contribution in [0.4, 0.5) is 18.9 Å². The van der Waals surface area contributed by atoms with E-state index in [0.717, 1.165) is 12.1 Å². The summed E-state index contributed by atoms with van der Waals surface area (Å²) in [5.41, 5.74) is 5.52. The lowest BCUT2D eigenvalue weighted by Crippen LogP contribution is -2.05. The minimum Gasteiger partial charge on any atom is -0.453 e. The molecule has 0 aliphatic heterocycles. The van der Waals surface area contributed by atoms with Gasteiger partial charge in [0.2, 0.25) is 0 Å².